The van der Waals surface area contributed by atoms with Crippen molar-refractivity contribution in [3.8, 4) is 5.69 Å². The quantitative estimate of drug-likeness (QED) is 0.398. The molecule has 1 amide bonds. The number of hydrogen-bond donors (Lipinski definition) is 1. The number of hydrogen-bond acceptors (Lipinski definition) is 4. The number of halogens is 3. The van der Waals surface area contributed by atoms with Gasteiger partial charge in [-0.3, -0.25) is 9.36 Å². The van der Waals surface area contributed by atoms with E-state index in [1.165, 1.54) is 30.3 Å². The van der Waals surface area contributed by atoms with Crippen LogP contribution in [0.3, 0.4) is 0 Å². The normalized spacial score (nSPS) is 14.5. The summed E-state index contributed by atoms with van der Waals surface area (Å²) in [5, 5.41) is 13.3. The molecule has 1 aliphatic carbocycles. The zero-order valence-corrected chi connectivity index (χ0v) is 19.7. The number of nitrogens with zero attached hydrogens (tertiary/aromatic N) is 3. The van der Waals surface area contributed by atoms with Crippen LogP contribution in [0.4, 0.5) is 4.39 Å². The molecule has 1 heterocycles. The molecule has 1 saturated carbocycles. The van der Waals surface area contributed by atoms with Crippen LogP contribution >= 0.6 is 35.0 Å². The summed E-state index contributed by atoms with van der Waals surface area (Å²) in [6.45, 7) is 0.238. The Hall–Kier alpha value is -2.09. The lowest BCUT2D eigenvalue weighted by molar-refractivity contribution is -0.126. The van der Waals surface area contributed by atoms with Gasteiger partial charge in [-0.2, -0.15) is 0 Å². The number of thioether (sulfide) groups is 1. The Balaban J connectivity index is 1.57. The van der Waals surface area contributed by atoms with Crippen molar-refractivity contribution < 1.29 is 9.18 Å². The number of rotatable bonds is 7. The standard InChI is InChI=1S/C23H23Cl2FN4OS/c24-17-8-11-19(25)20(12-17)30-21(13-27-22(31)16-4-2-1-3-5-16)28-29-23(30)32-14-15-6-9-18(26)10-7-15/h6-12,16H,1-5,13-14H2,(H,27,31). The van der Waals surface area contributed by atoms with Crippen molar-refractivity contribution in [2.75, 3.05) is 0 Å². The molecule has 0 saturated heterocycles. The highest BCUT2D eigenvalue weighted by molar-refractivity contribution is 7.98. The van der Waals surface area contributed by atoms with Crippen molar-refractivity contribution in [1.29, 1.82) is 0 Å². The van der Waals surface area contributed by atoms with Gasteiger partial charge in [-0.25, -0.2) is 4.39 Å². The van der Waals surface area contributed by atoms with Crippen molar-refractivity contribution >= 4 is 40.9 Å². The van der Waals surface area contributed by atoms with E-state index in [0.717, 1.165) is 31.2 Å². The van der Waals surface area contributed by atoms with Gasteiger partial charge in [0, 0.05) is 16.7 Å². The number of carbonyl (C=O) groups excluding carboxylic acids is 1. The zero-order valence-electron chi connectivity index (χ0n) is 17.4. The molecule has 9 heteroatoms. The van der Waals surface area contributed by atoms with Crippen LogP contribution in [0.25, 0.3) is 5.69 Å². The van der Waals surface area contributed by atoms with Gasteiger partial charge in [0.25, 0.3) is 0 Å². The smallest absolute Gasteiger partial charge is 0.223 e. The van der Waals surface area contributed by atoms with Crippen LogP contribution in [0.15, 0.2) is 47.6 Å². The summed E-state index contributed by atoms with van der Waals surface area (Å²) in [7, 11) is 0. The van der Waals surface area contributed by atoms with Crippen molar-refractivity contribution in [2.24, 2.45) is 5.92 Å². The van der Waals surface area contributed by atoms with Gasteiger partial charge in [0.05, 0.1) is 17.3 Å². The predicted molar refractivity (Wildman–Crippen MR) is 126 cm³/mol. The average molecular weight is 493 g/mol. The molecule has 0 bridgehead atoms. The van der Waals surface area contributed by atoms with E-state index in [0.29, 0.717) is 32.5 Å². The van der Waals surface area contributed by atoms with Gasteiger partial charge < -0.3 is 5.32 Å². The van der Waals surface area contributed by atoms with E-state index in [2.05, 4.69) is 15.5 Å². The summed E-state index contributed by atoms with van der Waals surface area (Å²) in [4.78, 5) is 12.6. The lowest BCUT2D eigenvalue weighted by Gasteiger charge is -2.20. The second-order valence-corrected chi connectivity index (χ2v) is 9.58. The third-order valence-corrected chi connectivity index (χ3v) is 7.08. The molecule has 32 heavy (non-hydrogen) atoms. The Bertz CT molecular complexity index is 1080. The van der Waals surface area contributed by atoms with Crippen LogP contribution in [-0.4, -0.2) is 20.7 Å². The van der Waals surface area contributed by atoms with Crippen LogP contribution in [0.1, 0.15) is 43.5 Å². The minimum absolute atomic E-state index is 0.0527. The van der Waals surface area contributed by atoms with E-state index in [1.807, 2.05) is 4.57 Å². The molecule has 5 nitrogen and oxygen atoms in total. The largest absolute Gasteiger partial charge is 0.349 e. The number of amides is 1. The first-order valence-corrected chi connectivity index (χ1v) is 12.3. The maximum Gasteiger partial charge on any atom is 0.223 e. The Labute approximate surface area is 200 Å². The first-order chi connectivity index (χ1) is 15.5. The highest BCUT2D eigenvalue weighted by atomic mass is 35.5. The molecule has 2 aromatic carbocycles. The van der Waals surface area contributed by atoms with Crippen molar-refractivity contribution in [1.82, 2.24) is 20.1 Å². The average Bonchev–Trinajstić information content (AvgIpc) is 3.21. The molecule has 1 N–H and O–H groups in total. The molecular weight excluding hydrogens is 470 g/mol. The Morgan fingerprint density at radius 2 is 1.84 bits per heavy atom. The molecule has 1 aromatic heterocycles. The van der Waals surface area contributed by atoms with Crippen LogP contribution in [0.5, 0.6) is 0 Å². The van der Waals surface area contributed by atoms with Crippen LogP contribution in [-0.2, 0) is 17.1 Å². The monoisotopic (exact) mass is 492 g/mol. The summed E-state index contributed by atoms with van der Waals surface area (Å²) < 4.78 is 15.0. The van der Waals surface area contributed by atoms with E-state index < -0.39 is 0 Å². The van der Waals surface area contributed by atoms with Gasteiger partial charge in [-0.1, -0.05) is 66.4 Å². The van der Waals surface area contributed by atoms with Gasteiger partial charge in [-0.05, 0) is 48.7 Å². The second-order valence-electron chi connectivity index (χ2n) is 7.80. The molecule has 0 aliphatic heterocycles. The topological polar surface area (TPSA) is 59.8 Å². The van der Waals surface area contributed by atoms with Crippen molar-refractivity contribution in [2.45, 2.75) is 49.6 Å². The van der Waals surface area contributed by atoms with Gasteiger partial charge in [0.1, 0.15) is 5.82 Å². The summed E-state index contributed by atoms with van der Waals surface area (Å²) in [5.74, 6) is 0.980. The second kappa shape index (κ2) is 10.7. The third-order valence-electron chi connectivity index (χ3n) is 5.53. The fourth-order valence-corrected chi connectivity index (χ4v) is 5.10. The molecule has 1 aliphatic rings. The van der Waals surface area contributed by atoms with E-state index in [1.54, 1.807) is 30.3 Å². The third kappa shape index (κ3) is 5.63. The molecule has 1 fully saturated rings. The highest BCUT2D eigenvalue weighted by Gasteiger charge is 2.23. The molecule has 0 spiro atoms. The Kier molecular flexibility index (Phi) is 7.71. The van der Waals surface area contributed by atoms with Crippen LogP contribution < -0.4 is 5.32 Å². The van der Waals surface area contributed by atoms with E-state index in [9.17, 15) is 9.18 Å². The predicted octanol–water partition coefficient (Wildman–Crippen LogP) is 6.20. The molecule has 3 aromatic rings. The minimum atomic E-state index is -0.274. The van der Waals surface area contributed by atoms with Gasteiger partial charge in [0.2, 0.25) is 5.91 Å². The van der Waals surface area contributed by atoms with E-state index in [4.69, 9.17) is 23.2 Å². The number of benzene rings is 2. The van der Waals surface area contributed by atoms with Crippen molar-refractivity contribution in [3.05, 3.63) is 69.7 Å². The molecule has 0 radical (unpaired) electrons. The number of aromatic nitrogens is 3. The fraction of sp³-hybridized carbons (Fsp3) is 0.348. The molecular formula is C23H23Cl2FN4OS. The van der Waals surface area contributed by atoms with Gasteiger partial charge in [0.15, 0.2) is 11.0 Å². The highest BCUT2D eigenvalue weighted by Crippen LogP contribution is 2.31. The molecule has 168 valence electrons. The Morgan fingerprint density at radius 1 is 1.09 bits per heavy atom. The summed E-state index contributed by atoms with van der Waals surface area (Å²) in [6, 6.07) is 11.5. The Morgan fingerprint density at radius 3 is 2.59 bits per heavy atom. The zero-order chi connectivity index (χ0) is 22.5. The maximum absolute atomic E-state index is 13.2. The fourth-order valence-electron chi connectivity index (χ4n) is 3.81. The van der Waals surface area contributed by atoms with Crippen molar-refractivity contribution in [3.63, 3.8) is 0 Å². The van der Waals surface area contributed by atoms with Gasteiger partial charge in [-0.15, -0.1) is 10.2 Å². The van der Waals surface area contributed by atoms with Crippen LogP contribution in [0, 0.1) is 11.7 Å². The molecule has 4 rings (SSSR count). The summed E-state index contributed by atoms with van der Waals surface area (Å²) in [5.41, 5.74) is 1.60. The lowest BCUT2D eigenvalue weighted by Crippen LogP contribution is -2.32. The minimum Gasteiger partial charge on any atom is -0.349 e. The first-order valence-electron chi connectivity index (χ1n) is 10.6. The molecule has 0 atom stereocenters. The van der Waals surface area contributed by atoms with Crippen LogP contribution in [0.2, 0.25) is 10.0 Å². The lowest BCUT2D eigenvalue weighted by atomic mass is 9.89. The van der Waals surface area contributed by atoms with E-state index >= 15 is 0 Å². The SMILES string of the molecule is O=C(NCc1nnc(SCc2ccc(F)cc2)n1-c1cc(Cl)ccc1Cl)C1CCCCC1. The number of nitrogens with one attached hydrogen (secondary N) is 1. The summed E-state index contributed by atoms with van der Waals surface area (Å²) in [6.07, 6.45) is 5.24. The maximum atomic E-state index is 13.2. The number of carbonyl (C=O) groups is 1. The molecule has 0 unspecified atom stereocenters. The summed E-state index contributed by atoms with van der Waals surface area (Å²) >= 11 is 14.2. The van der Waals surface area contributed by atoms with Gasteiger partial charge >= 0.3 is 0 Å². The van der Waals surface area contributed by atoms with E-state index in [-0.39, 0.29) is 24.2 Å². The first kappa shape index (κ1) is 23.1.